The SMILES string of the molecule is CC(C(=O)NC1CCCC1)N(Cc1ccccc1F)C(=O)CSCc1ccc(F)cc1. The van der Waals surface area contributed by atoms with Crippen molar-refractivity contribution >= 4 is 23.6 Å². The first-order chi connectivity index (χ1) is 14.9. The highest BCUT2D eigenvalue weighted by Gasteiger charge is 2.28. The third kappa shape index (κ3) is 6.79. The summed E-state index contributed by atoms with van der Waals surface area (Å²) in [4.78, 5) is 27.3. The van der Waals surface area contributed by atoms with Gasteiger partial charge in [-0.25, -0.2) is 8.78 Å². The average Bonchev–Trinajstić information content (AvgIpc) is 3.27. The summed E-state index contributed by atoms with van der Waals surface area (Å²) in [5.74, 6) is -0.454. The summed E-state index contributed by atoms with van der Waals surface area (Å²) in [6.07, 6.45) is 4.09. The van der Waals surface area contributed by atoms with E-state index in [9.17, 15) is 18.4 Å². The molecule has 1 fully saturated rings. The number of thioether (sulfide) groups is 1. The number of amides is 2. The molecule has 0 aliphatic heterocycles. The zero-order chi connectivity index (χ0) is 22.2. The molecule has 7 heteroatoms. The van der Waals surface area contributed by atoms with Crippen molar-refractivity contribution in [2.24, 2.45) is 0 Å². The molecule has 0 spiro atoms. The second kappa shape index (κ2) is 11.3. The van der Waals surface area contributed by atoms with E-state index < -0.39 is 11.9 Å². The van der Waals surface area contributed by atoms with E-state index in [1.54, 1.807) is 37.3 Å². The maximum Gasteiger partial charge on any atom is 0.242 e. The van der Waals surface area contributed by atoms with Crippen LogP contribution in [0.15, 0.2) is 48.5 Å². The predicted octanol–water partition coefficient (Wildman–Crippen LogP) is 4.67. The third-order valence-corrected chi connectivity index (χ3v) is 6.56. The normalized spacial score (nSPS) is 14.9. The molecule has 0 radical (unpaired) electrons. The minimum Gasteiger partial charge on any atom is -0.352 e. The lowest BCUT2D eigenvalue weighted by molar-refractivity contribution is -0.139. The summed E-state index contributed by atoms with van der Waals surface area (Å²) in [5.41, 5.74) is 1.28. The number of benzene rings is 2. The zero-order valence-corrected chi connectivity index (χ0v) is 18.5. The van der Waals surface area contributed by atoms with Crippen molar-refractivity contribution in [3.05, 3.63) is 71.3 Å². The first kappa shape index (κ1) is 23.3. The quantitative estimate of drug-likeness (QED) is 0.609. The molecule has 2 amide bonds. The van der Waals surface area contributed by atoms with Crippen LogP contribution in [0.3, 0.4) is 0 Å². The first-order valence-corrected chi connectivity index (χ1v) is 11.7. The van der Waals surface area contributed by atoms with Gasteiger partial charge in [-0.3, -0.25) is 9.59 Å². The molecule has 1 atom stereocenters. The van der Waals surface area contributed by atoms with Crippen molar-refractivity contribution < 1.29 is 18.4 Å². The number of hydrogen-bond acceptors (Lipinski definition) is 3. The average molecular weight is 447 g/mol. The van der Waals surface area contributed by atoms with Crippen LogP contribution in [-0.4, -0.2) is 34.6 Å². The van der Waals surface area contributed by atoms with E-state index >= 15 is 0 Å². The minimum absolute atomic E-state index is 0.0296. The van der Waals surface area contributed by atoms with Gasteiger partial charge in [0, 0.05) is 23.9 Å². The van der Waals surface area contributed by atoms with E-state index in [1.807, 2.05) is 0 Å². The van der Waals surface area contributed by atoms with E-state index in [0.717, 1.165) is 31.2 Å². The maximum absolute atomic E-state index is 14.2. The Morgan fingerprint density at radius 3 is 2.45 bits per heavy atom. The fraction of sp³-hybridized carbons (Fsp3) is 0.417. The van der Waals surface area contributed by atoms with Gasteiger partial charge in [0.05, 0.1) is 5.75 Å². The molecule has 0 aromatic heterocycles. The second-order valence-corrected chi connectivity index (χ2v) is 8.88. The molecule has 1 saturated carbocycles. The molecule has 2 aromatic carbocycles. The highest BCUT2D eigenvalue weighted by Crippen LogP contribution is 2.20. The minimum atomic E-state index is -0.709. The van der Waals surface area contributed by atoms with Crippen LogP contribution in [-0.2, 0) is 21.9 Å². The lowest BCUT2D eigenvalue weighted by Gasteiger charge is -2.29. The van der Waals surface area contributed by atoms with E-state index in [-0.39, 0.29) is 36.0 Å². The fourth-order valence-electron chi connectivity index (χ4n) is 3.70. The Balaban J connectivity index is 1.66. The summed E-state index contributed by atoms with van der Waals surface area (Å²) in [6.45, 7) is 1.72. The Morgan fingerprint density at radius 2 is 1.77 bits per heavy atom. The number of carbonyl (C=O) groups is 2. The Kier molecular flexibility index (Phi) is 8.46. The van der Waals surface area contributed by atoms with Crippen LogP contribution < -0.4 is 5.32 Å². The number of rotatable bonds is 9. The van der Waals surface area contributed by atoms with Crippen LogP contribution in [0.25, 0.3) is 0 Å². The molecule has 0 heterocycles. The van der Waals surface area contributed by atoms with Crippen LogP contribution in [0.2, 0.25) is 0 Å². The number of hydrogen-bond donors (Lipinski definition) is 1. The summed E-state index contributed by atoms with van der Waals surface area (Å²) >= 11 is 1.39. The molecule has 1 unspecified atom stereocenters. The lowest BCUT2D eigenvalue weighted by atomic mass is 10.1. The van der Waals surface area contributed by atoms with Crippen molar-refractivity contribution in [2.75, 3.05) is 5.75 Å². The van der Waals surface area contributed by atoms with Gasteiger partial charge in [0.2, 0.25) is 11.8 Å². The van der Waals surface area contributed by atoms with Crippen molar-refractivity contribution in [1.82, 2.24) is 10.2 Å². The Labute approximate surface area is 186 Å². The second-order valence-electron chi connectivity index (χ2n) is 7.90. The van der Waals surface area contributed by atoms with E-state index in [1.165, 1.54) is 34.9 Å². The summed E-state index contributed by atoms with van der Waals surface area (Å²) in [7, 11) is 0. The van der Waals surface area contributed by atoms with Crippen LogP contribution in [0.4, 0.5) is 8.78 Å². The molecular formula is C24H28F2N2O2S. The topological polar surface area (TPSA) is 49.4 Å². The molecule has 4 nitrogen and oxygen atoms in total. The monoisotopic (exact) mass is 446 g/mol. The van der Waals surface area contributed by atoms with Crippen LogP contribution in [0.5, 0.6) is 0 Å². The number of nitrogens with one attached hydrogen (secondary N) is 1. The molecule has 31 heavy (non-hydrogen) atoms. The van der Waals surface area contributed by atoms with E-state index in [2.05, 4.69) is 5.32 Å². The molecule has 1 aliphatic rings. The molecule has 2 aromatic rings. The predicted molar refractivity (Wildman–Crippen MR) is 119 cm³/mol. The molecular weight excluding hydrogens is 418 g/mol. The molecule has 0 saturated heterocycles. The first-order valence-electron chi connectivity index (χ1n) is 10.6. The van der Waals surface area contributed by atoms with Gasteiger partial charge in [0.1, 0.15) is 17.7 Å². The molecule has 1 aliphatic carbocycles. The van der Waals surface area contributed by atoms with Crippen LogP contribution in [0, 0.1) is 11.6 Å². The maximum atomic E-state index is 14.2. The highest BCUT2D eigenvalue weighted by atomic mass is 32.2. The molecule has 0 bridgehead atoms. The van der Waals surface area contributed by atoms with Crippen molar-refractivity contribution in [3.8, 4) is 0 Å². The van der Waals surface area contributed by atoms with Crippen molar-refractivity contribution in [3.63, 3.8) is 0 Å². The number of carbonyl (C=O) groups excluding carboxylic acids is 2. The van der Waals surface area contributed by atoms with Crippen LogP contribution in [0.1, 0.15) is 43.7 Å². The van der Waals surface area contributed by atoms with Gasteiger partial charge >= 0.3 is 0 Å². The number of halogens is 2. The Morgan fingerprint density at radius 1 is 1.10 bits per heavy atom. The molecule has 1 N–H and O–H groups in total. The molecule has 3 rings (SSSR count). The van der Waals surface area contributed by atoms with E-state index in [4.69, 9.17) is 0 Å². The standard InChI is InChI=1S/C24H28F2N2O2S/c1-17(24(30)27-21-7-3-4-8-21)28(14-19-6-2-5-9-22(19)26)23(29)16-31-15-18-10-12-20(25)13-11-18/h2,5-6,9-13,17,21H,3-4,7-8,14-16H2,1H3,(H,27,30). The van der Waals surface area contributed by atoms with Gasteiger partial charge in [-0.05, 0) is 43.5 Å². The Hall–Kier alpha value is -2.41. The third-order valence-electron chi connectivity index (χ3n) is 5.57. The largest absolute Gasteiger partial charge is 0.352 e. The van der Waals surface area contributed by atoms with Crippen molar-refractivity contribution in [2.45, 2.75) is 57.0 Å². The highest BCUT2D eigenvalue weighted by molar-refractivity contribution is 7.99. The fourth-order valence-corrected chi connectivity index (χ4v) is 4.58. The van der Waals surface area contributed by atoms with Gasteiger partial charge in [-0.15, -0.1) is 11.8 Å². The van der Waals surface area contributed by atoms with Gasteiger partial charge in [0.25, 0.3) is 0 Å². The van der Waals surface area contributed by atoms with Crippen molar-refractivity contribution in [1.29, 1.82) is 0 Å². The van der Waals surface area contributed by atoms with E-state index in [0.29, 0.717) is 11.3 Å². The zero-order valence-electron chi connectivity index (χ0n) is 17.7. The molecule has 166 valence electrons. The summed E-state index contributed by atoms with van der Waals surface area (Å²) in [6, 6.07) is 11.9. The van der Waals surface area contributed by atoms with Gasteiger partial charge in [0.15, 0.2) is 0 Å². The smallest absolute Gasteiger partial charge is 0.242 e. The van der Waals surface area contributed by atoms with Gasteiger partial charge in [-0.1, -0.05) is 43.2 Å². The van der Waals surface area contributed by atoms with Gasteiger partial charge < -0.3 is 10.2 Å². The number of nitrogens with zero attached hydrogens (tertiary/aromatic N) is 1. The van der Waals surface area contributed by atoms with Gasteiger partial charge in [-0.2, -0.15) is 0 Å². The lowest BCUT2D eigenvalue weighted by Crippen LogP contribution is -2.50. The van der Waals surface area contributed by atoms with Crippen LogP contribution >= 0.6 is 11.8 Å². The Bertz CT molecular complexity index is 885. The summed E-state index contributed by atoms with van der Waals surface area (Å²) in [5, 5.41) is 3.03. The summed E-state index contributed by atoms with van der Waals surface area (Å²) < 4.78 is 27.3.